The van der Waals surface area contributed by atoms with Crippen LogP contribution in [0.15, 0.2) is 0 Å². The molecule has 0 amide bonds. The first-order valence-corrected chi connectivity index (χ1v) is 6.53. The molecule has 0 aromatic rings. The molecule has 0 bridgehead atoms. The van der Waals surface area contributed by atoms with Gasteiger partial charge in [0.15, 0.2) is 0 Å². The minimum atomic E-state index is -0.109. The molecule has 1 fully saturated rings. The van der Waals surface area contributed by atoms with Gasteiger partial charge in [0.05, 0.1) is 13.5 Å². The zero-order valence-electron chi connectivity index (χ0n) is 9.53. The molecular weight excluding hydrogens is 212 g/mol. The fraction of sp³-hybridized carbons (Fsp3) is 0.909. The highest BCUT2D eigenvalue weighted by Crippen LogP contribution is 2.24. The van der Waals surface area contributed by atoms with Crippen LogP contribution in [0.5, 0.6) is 0 Å². The van der Waals surface area contributed by atoms with Gasteiger partial charge >= 0.3 is 5.97 Å². The molecule has 1 aliphatic heterocycles. The number of carbonyl (C=O) groups is 1. The van der Waals surface area contributed by atoms with Crippen molar-refractivity contribution in [3.8, 4) is 0 Å². The Bertz CT molecular complexity index is 190. The van der Waals surface area contributed by atoms with E-state index in [0.29, 0.717) is 11.7 Å². The first kappa shape index (κ1) is 12.8. The summed E-state index contributed by atoms with van der Waals surface area (Å²) in [4.78, 5) is 11.0. The van der Waals surface area contributed by atoms with E-state index in [0.717, 1.165) is 37.7 Å². The van der Waals surface area contributed by atoms with Crippen molar-refractivity contribution in [1.29, 1.82) is 0 Å². The number of hydrogen-bond donors (Lipinski definition) is 0. The summed E-state index contributed by atoms with van der Waals surface area (Å²) in [6.07, 6.45) is 2.85. The van der Waals surface area contributed by atoms with Crippen LogP contribution >= 0.6 is 11.8 Å². The summed E-state index contributed by atoms with van der Waals surface area (Å²) in [5.41, 5.74) is 0. The lowest BCUT2D eigenvalue weighted by atomic mass is 10.0. The van der Waals surface area contributed by atoms with Gasteiger partial charge in [0.1, 0.15) is 0 Å². The Balaban J connectivity index is 2.09. The topological polar surface area (TPSA) is 35.5 Å². The molecule has 3 nitrogen and oxygen atoms in total. The van der Waals surface area contributed by atoms with Crippen molar-refractivity contribution in [2.45, 2.75) is 31.4 Å². The SMILES string of the molecule is COC(=O)CC(C)SCC1CCOCC1. The van der Waals surface area contributed by atoms with Crippen LogP contribution in [0.4, 0.5) is 0 Å². The van der Waals surface area contributed by atoms with Crippen LogP contribution < -0.4 is 0 Å². The van der Waals surface area contributed by atoms with Crippen molar-refractivity contribution in [2.24, 2.45) is 5.92 Å². The molecule has 88 valence electrons. The molecule has 0 aromatic heterocycles. The Hall–Kier alpha value is -0.220. The van der Waals surface area contributed by atoms with Gasteiger partial charge < -0.3 is 9.47 Å². The van der Waals surface area contributed by atoms with E-state index in [-0.39, 0.29) is 5.97 Å². The van der Waals surface area contributed by atoms with Gasteiger partial charge in [-0.1, -0.05) is 6.92 Å². The van der Waals surface area contributed by atoms with Crippen molar-refractivity contribution in [2.75, 3.05) is 26.1 Å². The smallest absolute Gasteiger partial charge is 0.306 e. The normalized spacial score (nSPS) is 19.9. The first-order chi connectivity index (χ1) is 7.22. The van der Waals surface area contributed by atoms with Gasteiger partial charge in [-0.15, -0.1) is 0 Å². The summed E-state index contributed by atoms with van der Waals surface area (Å²) in [5.74, 6) is 1.80. The molecule has 0 radical (unpaired) electrons. The van der Waals surface area contributed by atoms with Gasteiger partial charge in [0.2, 0.25) is 0 Å². The van der Waals surface area contributed by atoms with Crippen molar-refractivity contribution < 1.29 is 14.3 Å². The molecule has 0 aromatic carbocycles. The molecule has 1 saturated heterocycles. The largest absolute Gasteiger partial charge is 0.469 e. The maximum absolute atomic E-state index is 11.0. The van der Waals surface area contributed by atoms with Crippen molar-refractivity contribution >= 4 is 17.7 Å². The van der Waals surface area contributed by atoms with Gasteiger partial charge in [0, 0.05) is 18.5 Å². The van der Waals surface area contributed by atoms with Crippen molar-refractivity contribution in [1.82, 2.24) is 0 Å². The minimum absolute atomic E-state index is 0.109. The maximum Gasteiger partial charge on any atom is 0.306 e. The molecule has 4 heteroatoms. The van der Waals surface area contributed by atoms with Crippen LogP contribution in [0.3, 0.4) is 0 Å². The van der Waals surface area contributed by atoms with E-state index in [4.69, 9.17) is 4.74 Å². The number of carbonyl (C=O) groups excluding carboxylic acids is 1. The quantitative estimate of drug-likeness (QED) is 0.680. The second kappa shape index (κ2) is 7.12. The molecule has 0 aliphatic carbocycles. The zero-order valence-corrected chi connectivity index (χ0v) is 10.3. The first-order valence-electron chi connectivity index (χ1n) is 5.48. The lowest BCUT2D eigenvalue weighted by Gasteiger charge is -2.22. The lowest BCUT2D eigenvalue weighted by Crippen LogP contribution is -2.19. The molecule has 0 saturated carbocycles. The predicted octanol–water partition coefficient (Wildman–Crippen LogP) is 2.10. The van der Waals surface area contributed by atoms with E-state index in [9.17, 15) is 4.79 Å². The summed E-state index contributed by atoms with van der Waals surface area (Å²) < 4.78 is 9.95. The second-order valence-corrected chi connectivity index (χ2v) is 5.45. The third kappa shape index (κ3) is 5.42. The third-order valence-electron chi connectivity index (χ3n) is 2.64. The summed E-state index contributed by atoms with van der Waals surface area (Å²) in [6, 6.07) is 0. The van der Waals surface area contributed by atoms with Crippen LogP contribution in [-0.4, -0.2) is 37.3 Å². The molecule has 1 rings (SSSR count). The molecule has 1 aliphatic rings. The van der Waals surface area contributed by atoms with Gasteiger partial charge in [-0.05, 0) is 24.5 Å². The van der Waals surface area contributed by atoms with Gasteiger partial charge in [-0.3, -0.25) is 4.79 Å². The Morgan fingerprint density at radius 3 is 2.80 bits per heavy atom. The van der Waals surface area contributed by atoms with Crippen molar-refractivity contribution in [3.63, 3.8) is 0 Å². The molecule has 1 unspecified atom stereocenters. The number of ether oxygens (including phenoxy) is 2. The van der Waals surface area contributed by atoms with E-state index >= 15 is 0 Å². The number of thioether (sulfide) groups is 1. The van der Waals surface area contributed by atoms with Gasteiger partial charge in [-0.25, -0.2) is 0 Å². The van der Waals surface area contributed by atoms with Crippen molar-refractivity contribution in [3.05, 3.63) is 0 Å². The van der Waals surface area contributed by atoms with Crippen LogP contribution in [0.25, 0.3) is 0 Å². The van der Waals surface area contributed by atoms with Crippen LogP contribution in [0.1, 0.15) is 26.2 Å². The summed E-state index contributed by atoms with van der Waals surface area (Å²) >= 11 is 1.87. The van der Waals surface area contributed by atoms with E-state index in [1.165, 1.54) is 7.11 Å². The number of methoxy groups -OCH3 is 1. The second-order valence-electron chi connectivity index (χ2n) is 3.98. The molecule has 0 spiro atoms. The molecule has 15 heavy (non-hydrogen) atoms. The molecule has 0 N–H and O–H groups in total. The third-order valence-corrected chi connectivity index (χ3v) is 4.04. The lowest BCUT2D eigenvalue weighted by molar-refractivity contribution is -0.140. The molecule has 1 heterocycles. The average molecular weight is 232 g/mol. The fourth-order valence-electron chi connectivity index (χ4n) is 1.59. The number of hydrogen-bond acceptors (Lipinski definition) is 4. The Morgan fingerprint density at radius 1 is 1.53 bits per heavy atom. The van der Waals surface area contributed by atoms with Crippen LogP contribution in [0, 0.1) is 5.92 Å². The summed E-state index contributed by atoms with van der Waals surface area (Å²) in [5, 5.41) is 0.361. The molecular formula is C11H20O3S. The Kier molecular flexibility index (Phi) is 6.10. The minimum Gasteiger partial charge on any atom is -0.469 e. The highest BCUT2D eigenvalue weighted by Gasteiger charge is 2.16. The van der Waals surface area contributed by atoms with E-state index in [2.05, 4.69) is 11.7 Å². The summed E-state index contributed by atoms with van der Waals surface area (Å²) in [6.45, 7) is 3.88. The predicted molar refractivity (Wildman–Crippen MR) is 62.1 cm³/mol. The highest BCUT2D eigenvalue weighted by atomic mass is 32.2. The summed E-state index contributed by atoms with van der Waals surface area (Å²) in [7, 11) is 1.44. The van der Waals surface area contributed by atoms with Gasteiger partial charge in [-0.2, -0.15) is 11.8 Å². The average Bonchev–Trinajstić information content (AvgIpc) is 2.27. The Labute approximate surface area is 95.9 Å². The number of rotatable bonds is 5. The van der Waals surface area contributed by atoms with E-state index in [1.807, 2.05) is 11.8 Å². The van der Waals surface area contributed by atoms with E-state index < -0.39 is 0 Å². The maximum atomic E-state index is 11.0. The standard InChI is InChI=1S/C11H20O3S/c1-9(7-11(12)13-2)15-8-10-3-5-14-6-4-10/h9-10H,3-8H2,1-2H3. The van der Waals surface area contributed by atoms with E-state index in [1.54, 1.807) is 0 Å². The highest BCUT2D eigenvalue weighted by molar-refractivity contribution is 7.99. The fourth-order valence-corrected chi connectivity index (χ4v) is 2.78. The molecule has 1 atom stereocenters. The zero-order chi connectivity index (χ0) is 11.1. The Morgan fingerprint density at radius 2 is 2.20 bits per heavy atom. The van der Waals surface area contributed by atoms with Crippen LogP contribution in [0.2, 0.25) is 0 Å². The van der Waals surface area contributed by atoms with Gasteiger partial charge in [0.25, 0.3) is 0 Å². The van der Waals surface area contributed by atoms with Crippen LogP contribution in [-0.2, 0) is 14.3 Å². The monoisotopic (exact) mass is 232 g/mol. The number of esters is 1.